The van der Waals surface area contributed by atoms with Gasteiger partial charge in [0.2, 0.25) is 0 Å². The van der Waals surface area contributed by atoms with Crippen LogP contribution in [0.5, 0.6) is 0 Å². The van der Waals surface area contributed by atoms with E-state index in [9.17, 15) is 5.11 Å². The zero-order valence-corrected chi connectivity index (χ0v) is 9.70. The topological polar surface area (TPSA) is 47.9 Å². The number of hydrogen-bond acceptors (Lipinski definition) is 4. The molecule has 2 unspecified atom stereocenters. The lowest BCUT2D eigenvalue weighted by molar-refractivity contribution is -0.00577. The lowest BCUT2D eigenvalue weighted by atomic mass is 9.80. The molecular weight excluding hydrogens is 196 g/mol. The van der Waals surface area contributed by atoms with Crippen molar-refractivity contribution in [3.8, 4) is 0 Å². The fraction of sp³-hybridized carbons (Fsp3) is 1.00. The van der Waals surface area contributed by atoms with Gasteiger partial charge in [0.15, 0.2) is 0 Å². The minimum atomic E-state index is -0.0902. The quantitative estimate of drug-likeness (QED) is 0.643. The highest BCUT2D eigenvalue weighted by molar-refractivity contribution is 4.88. The fourth-order valence-corrected chi connectivity index (χ4v) is 1.95. The highest BCUT2D eigenvalue weighted by atomic mass is 16.5. The van der Waals surface area contributed by atoms with E-state index in [1.54, 1.807) is 7.11 Å². The van der Waals surface area contributed by atoms with Crippen molar-refractivity contribution in [3.63, 3.8) is 0 Å². The zero-order valence-electron chi connectivity index (χ0n) is 9.70. The third-order valence-electron chi connectivity index (χ3n) is 3.32. The van der Waals surface area contributed by atoms with E-state index < -0.39 is 0 Å². The van der Waals surface area contributed by atoms with E-state index in [4.69, 9.17) is 14.2 Å². The number of ether oxygens (including phenoxy) is 3. The van der Waals surface area contributed by atoms with Crippen LogP contribution >= 0.6 is 0 Å². The van der Waals surface area contributed by atoms with Crippen LogP contribution in [0, 0.1) is 5.41 Å². The van der Waals surface area contributed by atoms with E-state index in [0.717, 1.165) is 19.4 Å². The molecule has 0 aliphatic carbocycles. The van der Waals surface area contributed by atoms with Crippen molar-refractivity contribution >= 4 is 0 Å². The molecule has 4 nitrogen and oxygen atoms in total. The highest BCUT2D eigenvalue weighted by Gasteiger charge is 2.40. The van der Waals surface area contributed by atoms with Crippen LogP contribution in [0.15, 0.2) is 0 Å². The number of methoxy groups -OCH3 is 1. The molecule has 15 heavy (non-hydrogen) atoms. The highest BCUT2D eigenvalue weighted by Crippen LogP contribution is 2.37. The van der Waals surface area contributed by atoms with Gasteiger partial charge < -0.3 is 19.3 Å². The van der Waals surface area contributed by atoms with Crippen LogP contribution in [-0.2, 0) is 14.2 Å². The van der Waals surface area contributed by atoms with Gasteiger partial charge in [0.25, 0.3) is 0 Å². The Balaban J connectivity index is 2.22. The zero-order chi connectivity index (χ0) is 11.1. The molecular formula is C11H22O4. The Hall–Kier alpha value is -0.160. The summed E-state index contributed by atoms with van der Waals surface area (Å²) in [7, 11) is 1.66. The largest absolute Gasteiger partial charge is 0.396 e. The molecule has 0 radical (unpaired) electrons. The summed E-state index contributed by atoms with van der Waals surface area (Å²) >= 11 is 0. The Bertz CT molecular complexity index is 174. The summed E-state index contributed by atoms with van der Waals surface area (Å²) in [6.07, 6.45) is 1.92. The molecule has 1 rings (SSSR count). The van der Waals surface area contributed by atoms with Gasteiger partial charge in [-0.15, -0.1) is 0 Å². The van der Waals surface area contributed by atoms with E-state index >= 15 is 0 Å². The van der Waals surface area contributed by atoms with Crippen LogP contribution in [0.1, 0.15) is 19.8 Å². The molecule has 0 aromatic heterocycles. The van der Waals surface area contributed by atoms with Crippen LogP contribution in [-0.4, -0.2) is 51.4 Å². The standard InChI is InChI=1S/C11H22O4/c1-10-11(9-12,4-6-15-10)3-5-14-8-7-13-2/h10,12H,3-9H2,1-2H3. The van der Waals surface area contributed by atoms with Gasteiger partial charge in [-0.2, -0.15) is 0 Å². The van der Waals surface area contributed by atoms with Crippen molar-refractivity contribution in [3.05, 3.63) is 0 Å². The Morgan fingerprint density at radius 1 is 1.40 bits per heavy atom. The van der Waals surface area contributed by atoms with Crippen LogP contribution in [0.3, 0.4) is 0 Å². The average Bonchev–Trinajstić information content (AvgIpc) is 2.61. The van der Waals surface area contributed by atoms with Gasteiger partial charge in [0.05, 0.1) is 25.9 Å². The second-order valence-corrected chi connectivity index (χ2v) is 4.14. The number of rotatable bonds is 7. The number of hydrogen-bond donors (Lipinski definition) is 1. The van der Waals surface area contributed by atoms with E-state index in [1.807, 2.05) is 6.92 Å². The van der Waals surface area contributed by atoms with Gasteiger partial charge in [-0.25, -0.2) is 0 Å². The molecule has 4 heteroatoms. The Kier molecular flexibility index (Phi) is 5.53. The van der Waals surface area contributed by atoms with Crippen molar-refractivity contribution in [1.82, 2.24) is 0 Å². The first kappa shape index (κ1) is 12.9. The molecule has 1 fully saturated rings. The summed E-state index contributed by atoms with van der Waals surface area (Å²) in [5.41, 5.74) is -0.0902. The Morgan fingerprint density at radius 3 is 2.73 bits per heavy atom. The van der Waals surface area contributed by atoms with Gasteiger partial charge in [0.1, 0.15) is 0 Å². The Morgan fingerprint density at radius 2 is 2.20 bits per heavy atom. The van der Waals surface area contributed by atoms with E-state index in [1.165, 1.54) is 0 Å². The smallest absolute Gasteiger partial charge is 0.0700 e. The van der Waals surface area contributed by atoms with Crippen molar-refractivity contribution in [2.45, 2.75) is 25.9 Å². The van der Waals surface area contributed by atoms with Gasteiger partial charge in [-0.1, -0.05) is 0 Å². The second kappa shape index (κ2) is 6.43. The molecule has 1 aliphatic heterocycles. The van der Waals surface area contributed by atoms with Crippen molar-refractivity contribution < 1.29 is 19.3 Å². The number of aliphatic hydroxyl groups excluding tert-OH is 1. The minimum absolute atomic E-state index is 0.0902. The molecule has 0 spiro atoms. The molecule has 1 heterocycles. The predicted molar refractivity (Wildman–Crippen MR) is 56.9 cm³/mol. The first-order valence-corrected chi connectivity index (χ1v) is 5.54. The van der Waals surface area contributed by atoms with Gasteiger partial charge in [0, 0.05) is 25.7 Å². The normalized spacial score (nSPS) is 31.0. The minimum Gasteiger partial charge on any atom is -0.396 e. The molecule has 2 atom stereocenters. The molecule has 0 aromatic rings. The molecule has 0 bridgehead atoms. The van der Waals surface area contributed by atoms with Crippen LogP contribution in [0.25, 0.3) is 0 Å². The average molecular weight is 218 g/mol. The molecule has 1 aliphatic rings. The van der Waals surface area contributed by atoms with Crippen molar-refractivity contribution in [1.29, 1.82) is 0 Å². The lowest BCUT2D eigenvalue weighted by Crippen LogP contribution is -2.34. The second-order valence-electron chi connectivity index (χ2n) is 4.14. The molecule has 90 valence electrons. The molecule has 0 aromatic carbocycles. The van der Waals surface area contributed by atoms with Gasteiger partial charge >= 0.3 is 0 Å². The SMILES string of the molecule is COCCOCCC1(CO)CCOC1C. The monoisotopic (exact) mass is 218 g/mol. The molecule has 0 amide bonds. The van der Waals surface area contributed by atoms with E-state index in [0.29, 0.717) is 19.8 Å². The summed E-state index contributed by atoms with van der Waals surface area (Å²) in [6.45, 7) is 4.86. The summed E-state index contributed by atoms with van der Waals surface area (Å²) in [5.74, 6) is 0. The first-order valence-electron chi connectivity index (χ1n) is 5.54. The summed E-state index contributed by atoms with van der Waals surface area (Å²) < 4.78 is 15.8. The predicted octanol–water partition coefficient (Wildman–Crippen LogP) is 0.827. The van der Waals surface area contributed by atoms with E-state index in [2.05, 4.69) is 0 Å². The van der Waals surface area contributed by atoms with Crippen LogP contribution < -0.4 is 0 Å². The van der Waals surface area contributed by atoms with Crippen molar-refractivity contribution in [2.24, 2.45) is 5.41 Å². The molecule has 1 saturated heterocycles. The molecule has 0 saturated carbocycles. The summed E-state index contributed by atoms with van der Waals surface area (Å²) in [4.78, 5) is 0. The fourth-order valence-electron chi connectivity index (χ4n) is 1.95. The Labute approximate surface area is 91.5 Å². The first-order chi connectivity index (χ1) is 7.25. The maximum absolute atomic E-state index is 9.43. The third-order valence-corrected chi connectivity index (χ3v) is 3.32. The van der Waals surface area contributed by atoms with Crippen molar-refractivity contribution in [2.75, 3.05) is 40.1 Å². The third kappa shape index (κ3) is 3.41. The molecule has 1 N–H and O–H groups in total. The van der Waals surface area contributed by atoms with Gasteiger partial charge in [-0.05, 0) is 19.8 Å². The van der Waals surface area contributed by atoms with Crippen LogP contribution in [0.4, 0.5) is 0 Å². The van der Waals surface area contributed by atoms with Gasteiger partial charge in [-0.3, -0.25) is 0 Å². The lowest BCUT2D eigenvalue weighted by Gasteiger charge is -2.29. The summed E-state index contributed by atoms with van der Waals surface area (Å²) in [5, 5.41) is 9.43. The number of aliphatic hydroxyl groups is 1. The van der Waals surface area contributed by atoms with E-state index in [-0.39, 0.29) is 18.1 Å². The maximum Gasteiger partial charge on any atom is 0.0700 e. The van der Waals surface area contributed by atoms with Crippen LogP contribution in [0.2, 0.25) is 0 Å². The maximum atomic E-state index is 9.43. The summed E-state index contributed by atoms with van der Waals surface area (Å²) in [6, 6.07) is 0.